The van der Waals surface area contributed by atoms with E-state index in [2.05, 4.69) is 15.2 Å². The van der Waals surface area contributed by atoms with E-state index in [4.69, 9.17) is 4.42 Å². The first-order valence-corrected chi connectivity index (χ1v) is 6.84. The molecule has 7 heteroatoms. The Morgan fingerprint density at radius 3 is 3.00 bits per heavy atom. The van der Waals surface area contributed by atoms with Crippen LogP contribution < -0.4 is 5.56 Å². The molecule has 1 amide bonds. The van der Waals surface area contributed by atoms with E-state index >= 15 is 0 Å². The number of furan rings is 1. The van der Waals surface area contributed by atoms with E-state index in [0.717, 1.165) is 17.6 Å². The van der Waals surface area contributed by atoms with Crippen LogP contribution in [-0.2, 0) is 0 Å². The molecular formula is C14H14N4O3. The summed E-state index contributed by atoms with van der Waals surface area (Å²) < 4.78 is 5.26. The Morgan fingerprint density at radius 2 is 2.24 bits per heavy atom. The molecule has 1 fully saturated rings. The molecule has 108 valence electrons. The van der Waals surface area contributed by atoms with Crippen molar-refractivity contribution in [2.45, 2.75) is 12.3 Å². The van der Waals surface area contributed by atoms with E-state index in [1.807, 2.05) is 0 Å². The molecule has 4 heterocycles. The van der Waals surface area contributed by atoms with Gasteiger partial charge < -0.3 is 19.4 Å². The molecule has 1 saturated heterocycles. The number of H-pyrrole nitrogens is 3. The third kappa shape index (κ3) is 1.97. The van der Waals surface area contributed by atoms with Gasteiger partial charge in [0.2, 0.25) is 0 Å². The van der Waals surface area contributed by atoms with Gasteiger partial charge in [0.15, 0.2) is 5.58 Å². The number of carbonyl (C=O) groups excluding carboxylic acids is 1. The van der Waals surface area contributed by atoms with Crippen LogP contribution >= 0.6 is 0 Å². The van der Waals surface area contributed by atoms with Crippen LogP contribution in [0, 0.1) is 0 Å². The fraction of sp³-hybridized carbons (Fsp3) is 0.286. The molecule has 21 heavy (non-hydrogen) atoms. The summed E-state index contributed by atoms with van der Waals surface area (Å²) in [6.45, 7) is 1.28. The lowest BCUT2D eigenvalue weighted by Gasteiger charge is -2.15. The van der Waals surface area contributed by atoms with Crippen molar-refractivity contribution in [1.82, 2.24) is 20.1 Å². The maximum absolute atomic E-state index is 12.5. The van der Waals surface area contributed by atoms with Crippen molar-refractivity contribution in [3.05, 3.63) is 46.2 Å². The predicted molar refractivity (Wildman–Crippen MR) is 75.2 cm³/mol. The third-order valence-corrected chi connectivity index (χ3v) is 4.00. The molecule has 7 nitrogen and oxygen atoms in total. The summed E-state index contributed by atoms with van der Waals surface area (Å²) in [6, 6.07) is 5.08. The fourth-order valence-electron chi connectivity index (χ4n) is 2.90. The van der Waals surface area contributed by atoms with Gasteiger partial charge in [0, 0.05) is 42.9 Å². The van der Waals surface area contributed by atoms with Crippen LogP contribution in [0.15, 0.2) is 33.7 Å². The van der Waals surface area contributed by atoms with Gasteiger partial charge in [-0.2, -0.15) is 0 Å². The Morgan fingerprint density at radius 1 is 1.33 bits per heavy atom. The maximum atomic E-state index is 12.5. The molecule has 0 spiro atoms. The normalized spacial score (nSPS) is 18.7. The summed E-state index contributed by atoms with van der Waals surface area (Å²) in [5, 5.41) is 5.40. The minimum atomic E-state index is -0.139. The smallest absolute Gasteiger partial charge is 0.270 e. The molecular weight excluding hydrogens is 272 g/mol. The highest BCUT2D eigenvalue weighted by Crippen LogP contribution is 2.26. The van der Waals surface area contributed by atoms with Gasteiger partial charge in [0.05, 0.1) is 11.8 Å². The lowest BCUT2D eigenvalue weighted by atomic mass is 10.1. The van der Waals surface area contributed by atoms with E-state index in [9.17, 15) is 9.59 Å². The quantitative estimate of drug-likeness (QED) is 0.664. The number of fused-ring (bicyclic) bond motifs is 1. The molecule has 1 atom stereocenters. The number of nitrogens with zero attached hydrogens (tertiary/aromatic N) is 1. The van der Waals surface area contributed by atoms with Crippen molar-refractivity contribution < 1.29 is 9.21 Å². The molecule has 0 aliphatic carbocycles. The zero-order valence-electron chi connectivity index (χ0n) is 11.2. The Kier molecular flexibility index (Phi) is 2.53. The lowest BCUT2D eigenvalue weighted by Crippen LogP contribution is -2.28. The minimum absolute atomic E-state index is 0.0400. The summed E-state index contributed by atoms with van der Waals surface area (Å²) in [6.07, 6.45) is 2.43. The molecule has 3 N–H and O–H groups in total. The van der Waals surface area contributed by atoms with Crippen molar-refractivity contribution in [3.8, 4) is 0 Å². The number of aromatic amines is 3. The number of nitrogens with one attached hydrogen (secondary N) is 3. The summed E-state index contributed by atoms with van der Waals surface area (Å²) >= 11 is 0. The second kappa shape index (κ2) is 4.41. The predicted octanol–water partition coefficient (Wildman–Crippen LogP) is 1.41. The van der Waals surface area contributed by atoms with Crippen LogP contribution in [0.3, 0.4) is 0 Å². The van der Waals surface area contributed by atoms with Crippen LogP contribution in [0.1, 0.15) is 28.5 Å². The molecule has 4 rings (SSSR count). The topological polar surface area (TPSA) is 97.9 Å². The Labute approximate surface area is 118 Å². The Balaban J connectivity index is 1.53. The largest absolute Gasteiger partial charge is 0.463 e. The minimum Gasteiger partial charge on any atom is -0.463 e. The van der Waals surface area contributed by atoms with Gasteiger partial charge in [-0.05, 0) is 6.42 Å². The molecule has 0 saturated carbocycles. The van der Waals surface area contributed by atoms with E-state index in [1.54, 1.807) is 29.4 Å². The second-order valence-electron chi connectivity index (χ2n) is 5.33. The SMILES string of the molecule is O=C(c1cc2occc2[nH]1)N1CCC(c2cc(=O)[nH][nH]2)C1. The summed E-state index contributed by atoms with van der Waals surface area (Å²) in [7, 11) is 0. The van der Waals surface area contributed by atoms with Gasteiger partial charge in [-0.25, -0.2) is 0 Å². The standard InChI is InChI=1S/C14H14N4O3/c19-13-6-10(16-17-13)8-1-3-18(7-8)14(20)11-5-12-9(15-11)2-4-21-12/h2,4-6,8,15H,1,3,7H2,(H2,16,17,19). The highest BCUT2D eigenvalue weighted by Gasteiger charge is 2.29. The van der Waals surface area contributed by atoms with Crippen LogP contribution in [0.25, 0.3) is 11.1 Å². The average molecular weight is 286 g/mol. The van der Waals surface area contributed by atoms with Gasteiger partial charge in [-0.1, -0.05) is 0 Å². The van der Waals surface area contributed by atoms with Gasteiger partial charge in [0.1, 0.15) is 5.69 Å². The second-order valence-corrected chi connectivity index (χ2v) is 5.33. The molecule has 3 aromatic heterocycles. The van der Waals surface area contributed by atoms with E-state index in [-0.39, 0.29) is 17.4 Å². The number of amides is 1. The summed E-state index contributed by atoms with van der Waals surface area (Å²) in [4.78, 5) is 28.5. The zero-order valence-corrected chi connectivity index (χ0v) is 11.2. The summed E-state index contributed by atoms with van der Waals surface area (Å²) in [5.74, 6) is 0.132. The van der Waals surface area contributed by atoms with Crippen LogP contribution in [-0.4, -0.2) is 39.1 Å². The number of likely N-dealkylation sites (tertiary alicyclic amines) is 1. The molecule has 3 aromatic rings. The van der Waals surface area contributed by atoms with Crippen molar-refractivity contribution in [2.75, 3.05) is 13.1 Å². The van der Waals surface area contributed by atoms with Crippen molar-refractivity contribution in [3.63, 3.8) is 0 Å². The van der Waals surface area contributed by atoms with Gasteiger partial charge >= 0.3 is 0 Å². The zero-order chi connectivity index (χ0) is 14.4. The summed E-state index contributed by atoms with van der Waals surface area (Å²) in [5.41, 5.74) is 2.76. The third-order valence-electron chi connectivity index (χ3n) is 4.00. The highest BCUT2D eigenvalue weighted by molar-refractivity contribution is 5.97. The molecule has 1 aliphatic rings. The first kappa shape index (κ1) is 12.1. The average Bonchev–Trinajstić information content (AvgIpc) is 3.20. The Bertz CT molecular complexity index is 824. The van der Waals surface area contributed by atoms with Gasteiger partial charge in [-0.3, -0.25) is 14.7 Å². The number of hydrogen-bond donors (Lipinski definition) is 3. The number of rotatable bonds is 2. The lowest BCUT2D eigenvalue weighted by molar-refractivity contribution is 0.0785. The van der Waals surface area contributed by atoms with Crippen LogP contribution in [0.4, 0.5) is 0 Å². The van der Waals surface area contributed by atoms with Gasteiger partial charge in [-0.15, -0.1) is 0 Å². The fourth-order valence-corrected chi connectivity index (χ4v) is 2.90. The van der Waals surface area contributed by atoms with E-state index in [0.29, 0.717) is 24.4 Å². The van der Waals surface area contributed by atoms with Crippen molar-refractivity contribution in [1.29, 1.82) is 0 Å². The maximum Gasteiger partial charge on any atom is 0.270 e. The Hall–Kier alpha value is -2.70. The van der Waals surface area contributed by atoms with Crippen LogP contribution in [0.2, 0.25) is 0 Å². The van der Waals surface area contributed by atoms with Crippen molar-refractivity contribution >= 4 is 17.0 Å². The number of carbonyl (C=O) groups is 1. The number of hydrogen-bond acceptors (Lipinski definition) is 3. The van der Waals surface area contributed by atoms with E-state index < -0.39 is 0 Å². The monoisotopic (exact) mass is 286 g/mol. The molecule has 0 aromatic carbocycles. The first-order chi connectivity index (χ1) is 10.2. The first-order valence-electron chi connectivity index (χ1n) is 6.84. The van der Waals surface area contributed by atoms with E-state index in [1.165, 1.54) is 0 Å². The molecule has 0 bridgehead atoms. The van der Waals surface area contributed by atoms with Gasteiger partial charge in [0.25, 0.3) is 11.5 Å². The molecule has 0 radical (unpaired) electrons. The number of aromatic nitrogens is 3. The van der Waals surface area contributed by atoms with Crippen LogP contribution in [0.5, 0.6) is 0 Å². The molecule has 1 unspecified atom stereocenters. The van der Waals surface area contributed by atoms with Crippen molar-refractivity contribution in [2.24, 2.45) is 0 Å². The molecule has 1 aliphatic heterocycles. The highest BCUT2D eigenvalue weighted by atomic mass is 16.3.